The highest BCUT2D eigenvalue weighted by molar-refractivity contribution is 6.35. The van der Waals surface area contributed by atoms with Crippen molar-refractivity contribution in [2.24, 2.45) is 0 Å². The third kappa shape index (κ3) is 5.64. The fourth-order valence-corrected chi connectivity index (χ4v) is 1.06. The lowest BCUT2D eigenvalue weighted by Crippen LogP contribution is -2.45. The first-order valence-electron chi connectivity index (χ1n) is 5.07. The standard InChI is InChI=1S/C9H18N2O5/c12-5-1-2-10-8(15)9(16)11(3-6-13)4-7-14/h12-14H,1-7H2,(H,10,15). The Labute approximate surface area is 93.7 Å². The molecule has 0 unspecified atom stereocenters. The molecule has 4 N–H and O–H groups in total. The Balaban J connectivity index is 4.09. The van der Waals surface area contributed by atoms with Crippen molar-refractivity contribution in [3.8, 4) is 0 Å². The molecule has 0 saturated carbocycles. The van der Waals surface area contributed by atoms with Crippen LogP contribution in [0.4, 0.5) is 0 Å². The lowest BCUT2D eigenvalue weighted by Gasteiger charge is -2.19. The van der Waals surface area contributed by atoms with E-state index < -0.39 is 11.8 Å². The van der Waals surface area contributed by atoms with Gasteiger partial charge in [-0.1, -0.05) is 0 Å². The molecule has 0 aromatic rings. The van der Waals surface area contributed by atoms with Crippen molar-refractivity contribution < 1.29 is 24.9 Å². The molecule has 0 aromatic heterocycles. The summed E-state index contributed by atoms with van der Waals surface area (Å²) in [5.74, 6) is -1.59. The average Bonchev–Trinajstić information content (AvgIpc) is 2.28. The molecule has 7 nitrogen and oxygen atoms in total. The number of aliphatic hydroxyl groups excluding tert-OH is 3. The monoisotopic (exact) mass is 234 g/mol. The van der Waals surface area contributed by atoms with E-state index in [1.54, 1.807) is 0 Å². The Bertz CT molecular complexity index is 216. The number of hydrogen-bond acceptors (Lipinski definition) is 5. The topological polar surface area (TPSA) is 110 Å². The van der Waals surface area contributed by atoms with E-state index in [9.17, 15) is 9.59 Å². The van der Waals surface area contributed by atoms with Crippen LogP contribution >= 0.6 is 0 Å². The van der Waals surface area contributed by atoms with E-state index in [4.69, 9.17) is 15.3 Å². The summed E-state index contributed by atoms with van der Waals surface area (Å²) >= 11 is 0. The maximum absolute atomic E-state index is 11.4. The van der Waals surface area contributed by atoms with Gasteiger partial charge in [0.25, 0.3) is 0 Å². The second kappa shape index (κ2) is 9.08. The quantitative estimate of drug-likeness (QED) is 0.283. The molecule has 0 heterocycles. The van der Waals surface area contributed by atoms with Gasteiger partial charge < -0.3 is 25.5 Å². The number of carbonyl (C=O) groups excluding carboxylic acids is 2. The summed E-state index contributed by atoms with van der Waals surface area (Å²) in [5, 5.41) is 28.1. The van der Waals surface area contributed by atoms with E-state index >= 15 is 0 Å². The minimum Gasteiger partial charge on any atom is -0.396 e. The van der Waals surface area contributed by atoms with Gasteiger partial charge >= 0.3 is 11.8 Å². The van der Waals surface area contributed by atoms with Crippen molar-refractivity contribution in [1.29, 1.82) is 0 Å². The zero-order valence-corrected chi connectivity index (χ0v) is 9.06. The summed E-state index contributed by atoms with van der Waals surface area (Å²) in [5.41, 5.74) is 0. The third-order valence-electron chi connectivity index (χ3n) is 1.84. The van der Waals surface area contributed by atoms with Crippen molar-refractivity contribution >= 4 is 11.8 Å². The molecule has 0 aliphatic rings. The molecule has 2 amide bonds. The molecule has 0 bridgehead atoms. The van der Waals surface area contributed by atoms with E-state index in [2.05, 4.69) is 5.32 Å². The molecule has 16 heavy (non-hydrogen) atoms. The lowest BCUT2D eigenvalue weighted by molar-refractivity contribution is -0.146. The van der Waals surface area contributed by atoms with Crippen LogP contribution in [0.25, 0.3) is 0 Å². The summed E-state index contributed by atoms with van der Waals surface area (Å²) in [6.45, 7) is -0.371. The van der Waals surface area contributed by atoms with Gasteiger partial charge in [-0.3, -0.25) is 9.59 Å². The molecule has 0 atom stereocenters. The Morgan fingerprint density at radius 2 is 1.56 bits per heavy atom. The second-order valence-corrected chi connectivity index (χ2v) is 3.07. The molecule has 94 valence electrons. The van der Waals surface area contributed by atoms with Crippen LogP contribution in [0, 0.1) is 0 Å². The third-order valence-corrected chi connectivity index (χ3v) is 1.84. The molecule has 0 spiro atoms. The van der Waals surface area contributed by atoms with Gasteiger partial charge in [-0.15, -0.1) is 0 Å². The van der Waals surface area contributed by atoms with Gasteiger partial charge in [0.1, 0.15) is 0 Å². The van der Waals surface area contributed by atoms with Crippen molar-refractivity contribution in [2.75, 3.05) is 39.5 Å². The van der Waals surface area contributed by atoms with E-state index in [-0.39, 0.29) is 39.5 Å². The number of rotatable bonds is 7. The summed E-state index contributed by atoms with van der Waals surface area (Å²) in [6.07, 6.45) is 0.374. The molecular formula is C9H18N2O5. The predicted molar refractivity (Wildman–Crippen MR) is 55.5 cm³/mol. The fourth-order valence-electron chi connectivity index (χ4n) is 1.06. The first-order chi connectivity index (χ1) is 7.67. The van der Waals surface area contributed by atoms with Gasteiger partial charge in [-0.05, 0) is 6.42 Å². The average molecular weight is 234 g/mol. The predicted octanol–water partition coefficient (Wildman–Crippen LogP) is -2.70. The smallest absolute Gasteiger partial charge is 0.312 e. The molecule has 0 aliphatic carbocycles. The number of amides is 2. The van der Waals surface area contributed by atoms with Crippen molar-refractivity contribution in [3.63, 3.8) is 0 Å². The zero-order valence-electron chi connectivity index (χ0n) is 9.06. The van der Waals surface area contributed by atoms with Crippen LogP contribution in [0.15, 0.2) is 0 Å². The van der Waals surface area contributed by atoms with E-state index in [1.165, 1.54) is 0 Å². The maximum atomic E-state index is 11.4. The Kier molecular flexibility index (Phi) is 8.41. The number of hydrogen-bond donors (Lipinski definition) is 4. The highest BCUT2D eigenvalue weighted by Gasteiger charge is 2.20. The normalized spacial score (nSPS) is 9.94. The van der Waals surface area contributed by atoms with Crippen molar-refractivity contribution in [1.82, 2.24) is 10.2 Å². The van der Waals surface area contributed by atoms with Crippen LogP contribution < -0.4 is 5.32 Å². The summed E-state index contributed by atoms with van der Waals surface area (Å²) in [6, 6.07) is 0. The van der Waals surface area contributed by atoms with Crippen LogP contribution in [0.3, 0.4) is 0 Å². The van der Waals surface area contributed by atoms with Crippen LogP contribution in [-0.4, -0.2) is 71.5 Å². The molecular weight excluding hydrogens is 216 g/mol. The molecule has 0 rings (SSSR count). The number of nitrogens with zero attached hydrogens (tertiary/aromatic N) is 1. The molecule has 0 radical (unpaired) electrons. The first-order valence-corrected chi connectivity index (χ1v) is 5.07. The minimum absolute atomic E-state index is 0.00676. The molecule has 0 aromatic carbocycles. The van der Waals surface area contributed by atoms with Crippen molar-refractivity contribution in [2.45, 2.75) is 6.42 Å². The van der Waals surface area contributed by atoms with E-state index in [1.807, 2.05) is 0 Å². The minimum atomic E-state index is -0.796. The van der Waals surface area contributed by atoms with Crippen LogP contribution in [0.1, 0.15) is 6.42 Å². The van der Waals surface area contributed by atoms with Crippen LogP contribution in [0.5, 0.6) is 0 Å². The highest BCUT2D eigenvalue weighted by atomic mass is 16.3. The van der Waals surface area contributed by atoms with Gasteiger partial charge in [0.05, 0.1) is 13.2 Å². The Hall–Kier alpha value is -1.18. The maximum Gasteiger partial charge on any atom is 0.312 e. The van der Waals surface area contributed by atoms with Gasteiger partial charge in [-0.25, -0.2) is 0 Å². The second-order valence-electron chi connectivity index (χ2n) is 3.07. The van der Waals surface area contributed by atoms with Gasteiger partial charge in [-0.2, -0.15) is 0 Å². The van der Waals surface area contributed by atoms with E-state index in [0.717, 1.165) is 4.90 Å². The summed E-state index contributed by atoms with van der Waals surface area (Å²) in [7, 11) is 0. The van der Waals surface area contributed by atoms with Crippen molar-refractivity contribution in [3.05, 3.63) is 0 Å². The number of nitrogens with one attached hydrogen (secondary N) is 1. The van der Waals surface area contributed by atoms with E-state index in [0.29, 0.717) is 6.42 Å². The molecule has 0 fully saturated rings. The summed E-state index contributed by atoms with van der Waals surface area (Å²) < 4.78 is 0. The number of carbonyl (C=O) groups is 2. The van der Waals surface area contributed by atoms with Gasteiger partial charge in [0.2, 0.25) is 0 Å². The molecule has 7 heteroatoms. The molecule has 0 aliphatic heterocycles. The van der Waals surface area contributed by atoms with Gasteiger partial charge in [0.15, 0.2) is 0 Å². The largest absolute Gasteiger partial charge is 0.396 e. The zero-order chi connectivity index (χ0) is 12.4. The first kappa shape index (κ1) is 14.8. The SMILES string of the molecule is O=C(NCCCO)C(=O)N(CCO)CCO. The Morgan fingerprint density at radius 3 is 2.00 bits per heavy atom. The van der Waals surface area contributed by atoms with Crippen LogP contribution in [0.2, 0.25) is 0 Å². The highest BCUT2D eigenvalue weighted by Crippen LogP contribution is 1.89. The number of aliphatic hydroxyl groups is 3. The molecule has 0 saturated heterocycles. The Morgan fingerprint density at radius 1 is 1.00 bits per heavy atom. The van der Waals surface area contributed by atoms with Crippen LogP contribution in [-0.2, 0) is 9.59 Å². The van der Waals surface area contributed by atoms with Gasteiger partial charge in [0, 0.05) is 26.2 Å². The lowest BCUT2D eigenvalue weighted by atomic mass is 10.4. The fraction of sp³-hybridized carbons (Fsp3) is 0.778. The summed E-state index contributed by atoms with van der Waals surface area (Å²) in [4.78, 5) is 23.8.